The van der Waals surface area contributed by atoms with E-state index in [0.29, 0.717) is 12.1 Å². The van der Waals surface area contributed by atoms with E-state index in [-0.39, 0.29) is 10.9 Å². The average Bonchev–Trinajstić information content (AvgIpc) is 2.86. The molecule has 0 aliphatic carbocycles. The lowest BCUT2D eigenvalue weighted by Gasteiger charge is -2.04. The van der Waals surface area contributed by atoms with Crippen molar-refractivity contribution in [2.45, 2.75) is 19.4 Å². The fraction of sp³-hybridized carbons (Fsp3) is 0.333. The van der Waals surface area contributed by atoms with Crippen LogP contribution in [0, 0.1) is 0 Å². The van der Waals surface area contributed by atoms with Crippen molar-refractivity contribution in [1.82, 2.24) is 9.97 Å². The van der Waals surface area contributed by atoms with Crippen LogP contribution in [0.15, 0.2) is 29.8 Å². The molecular weight excluding hydrogens is 298 g/mol. The molecule has 1 unspecified atom stereocenters. The Hall–Kier alpha value is -1.51. The quantitative estimate of drug-likeness (QED) is 0.844. The summed E-state index contributed by atoms with van der Waals surface area (Å²) >= 11 is 1.15. The van der Waals surface area contributed by atoms with Gasteiger partial charge in [-0.05, 0) is 19.1 Å². The summed E-state index contributed by atoms with van der Waals surface area (Å²) in [6, 6.07) is 5.38. The van der Waals surface area contributed by atoms with Gasteiger partial charge in [-0.3, -0.25) is 9.71 Å². The van der Waals surface area contributed by atoms with Crippen LogP contribution in [0.4, 0.5) is 5.13 Å². The molecule has 6 nitrogen and oxygen atoms in total. The minimum absolute atomic E-state index is 0.0619. The van der Waals surface area contributed by atoms with Gasteiger partial charge in [-0.1, -0.05) is 6.07 Å². The van der Waals surface area contributed by atoms with E-state index in [9.17, 15) is 13.5 Å². The standard InChI is InChI=1S/C12H15N3O3S2/c1-9(16)11-8-19-12(14-11)15-20(17,18)7-5-10-4-2-3-6-13-10/h2-4,6,8-9,16H,5,7H2,1H3,(H,14,15). The third kappa shape index (κ3) is 4.26. The van der Waals surface area contributed by atoms with Crippen molar-refractivity contribution in [2.24, 2.45) is 0 Å². The largest absolute Gasteiger partial charge is 0.387 e. The molecule has 2 rings (SSSR count). The smallest absolute Gasteiger partial charge is 0.234 e. The molecule has 108 valence electrons. The maximum absolute atomic E-state index is 11.9. The Balaban J connectivity index is 1.96. The minimum atomic E-state index is -3.47. The number of aryl methyl sites for hydroxylation is 1. The minimum Gasteiger partial charge on any atom is -0.387 e. The monoisotopic (exact) mass is 313 g/mol. The lowest BCUT2D eigenvalue weighted by atomic mass is 10.3. The zero-order valence-corrected chi connectivity index (χ0v) is 12.5. The molecule has 0 aliphatic rings. The van der Waals surface area contributed by atoms with E-state index in [0.717, 1.165) is 17.0 Å². The van der Waals surface area contributed by atoms with Crippen molar-refractivity contribution in [3.63, 3.8) is 0 Å². The van der Waals surface area contributed by atoms with Crippen molar-refractivity contribution in [2.75, 3.05) is 10.5 Å². The van der Waals surface area contributed by atoms with E-state index in [1.807, 2.05) is 6.07 Å². The first-order chi connectivity index (χ1) is 9.46. The van der Waals surface area contributed by atoms with E-state index in [4.69, 9.17) is 0 Å². The number of nitrogens with one attached hydrogen (secondary N) is 1. The van der Waals surface area contributed by atoms with Crippen molar-refractivity contribution in [3.8, 4) is 0 Å². The molecule has 1 atom stereocenters. The van der Waals surface area contributed by atoms with Crippen molar-refractivity contribution in [1.29, 1.82) is 0 Å². The highest BCUT2D eigenvalue weighted by molar-refractivity contribution is 7.92. The summed E-state index contributed by atoms with van der Waals surface area (Å²) in [6.45, 7) is 1.58. The van der Waals surface area contributed by atoms with Crippen LogP contribution in [-0.2, 0) is 16.4 Å². The number of nitrogens with zero attached hydrogens (tertiary/aromatic N) is 2. The Kier molecular flexibility index (Phi) is 4.69. The molecule has 0 amide bonds. The molecule has 2 heterocycles. The number of pyridine rings is 1. The third-order valence-corrected chi connectivity index (χ3v) is 4.70. The highest BCUT2D eigenvalue weighted by Crippen LogP contribution is 2.21. The van der Waals surface area contributed by atoms with Crippen LogP contribution in [0.25, 0.3) is 0 Å². The molecule has 0 saturated carbocycles. The Morgan fingerprint density at radius 3 is 2.85 bits per heavy atom. The van der Waals surface area contributed by atoms with E-state index in [1.165, 1.54) is 0 Å². The number of rotatable bonds is 6. The molecule has 0 aromatic carbocycles. The second kappa shape index (κ2) is 6.29. The first-order valence-corrected chi connectivity index (χ1v) is 8.53. The first kappa shape index (κ1) is 14.9. The molecule has 2 N–H and O–H groups in total. The number of aliphatic hydroxyl groups is 1. The van der Waals surface area contributed by atoms with Gasteiger partial charge in [0.2, 0.25) is 10.0 Å². The molecule has 0 saturated heterocycles. The predicted molar refractivity (Wildman–Crippen MR) is 78.1 cm³/mol. The molecule has 0 fully saturated rings. The van der Waals surface area contributed by atoms with Crippen LogP contribution < -0.4 is 4.72 Å². The van der Waals surface area contributed by atoms with Gasteiger partial charge in [0, 0.05) is 23.7 Å². The number of sulfonamides is 1. The van der Waals surface area contributed by atoms with Gasteiger partial charge in [0.25, 0.3) is 0 Å². The molecule has 2 aromatic rings. The Bertz CT molecular complexity index is 654. The summed E-state index contributed by atoms with van der Waals surface area (Å²) < 4.78 is 26.2. The summed E-state index contributed by atoms with van der Waals surface area (Å²) in [6.07, 6.45) is 1.26. The van der Waals surface area contributed by atoms with E-state index < -0.39 is 16.1 Å². The molecule has 0 radical (unpaired) electrons. The summed E-state index contributed by atoms with van der Waals surface area (Å²) in [4.78, 5) is 8.09. The van der Waals surface area contributed by atoms with Crippen LogP contribution in [0.2, 0.25) is 0 Å². The highest BCUT2D eigenvalue weighted by Gasteiger charge is 2.14. The van der Waals surface area contributed by atoms with Crippen LogP contribution in [0.1, 0.15) is 24.4 Å². The number of anilines is 1. The van der Waals surface area contributed by atoms with Gasteiger partial charge >= 0.3 is 0 Å². The van der Waals surface area contributed by atoms with Gasteiger partial charge in [-0.15, -0.1) is 11.3 Å². The number of aromatic nitrogens is 2. The number of thiazole rings is 1. The lowest BCUT2D eigenvalue weighted by molar-refractivity contribution is 0.195. The fourth-order valence-electron chi connectivity index (χ4n) is 1.49. The maximum Gasteiger partial charge on any atom is 0.234 e. The van der Waals surface area contributed by atoms with Gasteiger partial charge < -0.3 is 5.11 Å². The molecule has 0 spiro atoms. The zero-order chi connectivity index (χ0) is 14.6. The summed E-state index contributed by atoms with van der Waals surface area (Å²) in [5.41, 5.74) is 1.18. The predicted octanol–water partition coefficient (Wildman–Crippen LogP) is 1.58. The summed E-state index contributed by atoms with van der Waals surface area (Å²) in [7, 11) is -3.47. The number of hydrogen-bond acceptors (Lipinski definition) is 6. The van der Waals surface area contributed by atoms with Crippen LogP contribution in [0.3, 0.4) is 0 Å². The highest BCUT2D eigenvalue weighted by atomic mass is 32.2. The number of aliphatic hydroxyl groups excluding tert-OH is 1. The van der Waals surface area contributed by atoms with E-state index >= 15 is 0 Å². The van der Waals surface area contributed by atoms with Crippen molar-refractivity contribution in [3.05, 3.63) is 41.2 Å². The Morgan fingerprint density at radius 1 is 1.45 bits per heavy atom. The second-order valence-corrected chi connectivity index (χ2v) is 6.95. The average molecular weight is 313 g/mol. The third-order valence-electron chi connectivity index (χ3n) is 2.55. The molecular formula is C12H15N3O3S2. The van der Waals surface area contributed by atoms with Gasteiger partial charge in [0.15, 0.2) is 5.13 Å². The molecule has 2 aromatic heterocycles. The Labute approximate surface area is 121 Å². The number of hydrogen-bond donors (Lipinski definition) is 2. The molecule has 20 heavy (non-hydrogen) atoms. The molecule has 0 aliphatic heterocycles. The summed E-state index contributed by atoms with van der Waals surface area (Å²) in [5.74, 6) is -0.0619. The van der Waals surface area contributed by atoms with E-state index in [1.54, 1.807) is 30.6 Å². The lowest BCUT2D eigenvalue weighted by Crippen LogP contribution is -2.18. The zero-order valence-electron chi connectivity index (χ0n) is 10.9. The van der Waals surface area contributed by atoms with Crippen LogP contribution in [0.5, 0.6) is 0 Å². The van der Waals surface area contributed by atoms with Crippen LogP contribution >= 0.6 is 11.3 Å². The fourth-order valence-corrected chi connectivity index (χ4v) is 3.60. The van der Waals surface area contributed by atoms with Crippen molar-refractivity contribution < 1.29 is 13.5 Å². The van der Waals surface area contributed by atoms with Gasteiger partial charge in [-0.25, -0.2) is 13.4 Å². The molecule has 8 heteroatoms. The maximum atomic E-state index is 11.9. The molecule has 0 bridgehead atoms. The van der Waals surface area contributed by atoms with Gasteiger partial charge in [0.1, 0.15) is 0 Å². The van der Waals surface area contributed by atoms with Crippen LogP contribution in [-0.4, -0.2) is 29.2 Å². The van der Waals surface area contributed by atoms with E-state index in [2.05, 4.69) is 14.7 Å². The van der Waals surface area contributed by atoms with Crippen molar-refractivity contribution >= 4 is 26.5 Å². The topological polar surface area (TPSA) is 92.2 Å². The second-order valence-electron chi connectivity index (χ2n) is 4.25. The Morgan fingerprint density at radius 2 is 2.25 bits per heavy atom. The SMILES string of the molecule is CC(O)c1csc(NS(=O)(=O)CCc2ccccn2)n1. The van der Waals surface area contributed by atoms with Gasteiger partial charge in [0.05, 0.1) is 17.6 Å². The summed E-state index contributed by atoms with van der Waals surface area (Å²) in [5, 5.41) is 11.2. The van der Waals surface area contributed by atoms with Gasteiger partial charge in [-0.2, -0.15) is 0 Å². The normalized spacial score (nSPS) is 13.1. The first-order valence-electron chi connectivity index (χ1n) is 6.00.